The van der Waals surface area contributed by atoms with Gasteiger partial charge in [-0.25, -0.2) is 10.4 Å². The summed E-state index contributed by atoms with van der Waals surface area (Å²) in [5, 5.41) is 9.49. The number of hydrogen-bond acceptors (Lipinski definition) is 11. The predicted molar refractivity (Wildman–Crippen MR) is 174 cm³/mol. The van der Waals surface area contributed by atoms with Gasteiger partial charge in [-0.3, -0.25) is 24.2 Å². The number of likely N-dealkylation sites (tertiary alicyclic amines) is 1. The Bertz CT molecular complexity index is 1600. The van der Waals surface area contributed by atoms with E-state index in [-0.39, 0.29) is 46.9 Å². The van der Waals surface area contributed by atoms with Crippen molar-refractivity contribution in [3.05, 3.63) is 48.1 Å². The third-order valence-electron chi connectivity index (χ3n) is 8.94. The molecule has 0 aliphatic carbocycles. The van der Waals surface area contributed by atoms with Crippen LogP contribution in [0.2, 0.25) is 0 Å². The van der Waals surface area contributed by atoms with Crippen LogP contribution in [-0.4, -0.2) is 120 Å². The van der Waals surface area contributed by atoms with Crippen LogP contribution in [0, 0.1) is 5.92 Å². The topological polar surface area (TPSA) is 126 Å². The van der Waals surface area contributed by atoms with Crippen molar-refractivity contribution in [2.45, 2.75) is 36.1 Å². The number of aromatic nitrogens is 2. The SMILES string of the molecule is O=C(Nc1cn(CC(=O)N2CCC(CN3CCOCC3)CC2)nc1-c1cc(SC2COC2)ccc1OC(F)F)C1=C2N=CC=CN2NC1. The molecule has 6 heterocycles. The fourth-order valence-corrected chi connectivity index (χ4v) is 7.38. The zero-order chi connectivity index (χ0) is 33.0. The maximum absolute atomic E-state index is 13.6. The van der Waals surface area contributed by atoms with Gasteiger partial charge in [0.25, 0.3) is 5.91 Å². The summed E-state index contributed by atoms with van der Waals surface area (Å²) in [6, 6.07) is 4.92. The van der Waals surface area contributed by atoms with Crippen molar-refractivity contribution in [3.8, 4) is 17.0 Å². The van der Waals surface area contributed by atoms with E-state index in [1.54, 1.807) is 53.6 Å². The van der Waals surface area contributed by atoms with E-state index in [1.807, 2.05) is 4.90 Å². The smallest absolute Gasteiger partial charge is 0.387 e. The third kappa shape index (κ3) is 7.57. The molecule has 0 atom stereocenters. The van der Waals surface area contributed by atoms with Crippen molar-refractivity contribution >= 4 is 35.5 Å². The van der Waals surface area contributed by atoms with Crippen molar-refractivity contribution in [2.75, 3.05) is 71.0 Å². The number of anilines is 1. The standard InChI is InChI=1S/C32H38F2N8O5S/c33-32(34)47-27-3-2-22(48-23-19-46-20-23)14-24(27)29-26(37-31(44)25-15-36-42-7-1-6-35-30(25)42)17-41(38-29)18-28(43)40-8-4-21(5-9-40)16-39-10-12-45-13-11-39/h1-3,6-7,14,17,21,23,32,36H,4-5,8-13,15-16,18-20H2,(H,37,44). The Morgan fingerprint density at radius 3 is 2.69 bits per heavy atom. The lowest BCUT2D eigenvalue weighted by atomic mass is 9.96. The zero-order valence-corrected chi connectivity index (χ0v) is 27.2. The molecule has 5 aliphatic rings. The number of thioether (sulfide) groups is 1. The first kappa shape index (κ1) is 32.7. The van der Waals surface area contributed by atoms with Crippen LogP contribution in [0.15, 0.2) is 58.0 Å². The Morgan fingerprint density at radius 1 is 1.12 bits per heavy atom. The molecule has 0 saturated carbocycles. The molecule has 0 unspecified atom stereocenters. The van der Waals surface area contributed by atoms with Crippen LogP contribution in [0.25, 0.3) is 11.3 Å². The summed E-state index contributed by atoms with van der Waals surface area (Å²) in [6.07, 6.45) is 8.50. The van der Waals surface area contributed by atoms with Gasteiger partial charge in [0.05, 0.1) is 42.9 Å². The van der Waals surface area contributed by atoms with Crippen LogP contribution in [0.1, 0.15) is 12.8 Å². The predicted octanol–water partition coefficient (Wildman–Crippen LogP) is 2.78. The number of hydrazine groups is 1. The van der Waals surface area contributed by atoms with Crippen LogP contribution in [-0.2, 0) is 25.6 Å². The number of nitrogens with zero attached hydrogens (tertiary/aromatic N) is 6. The minimum absolute atomic E-state index is 0.0751. The molecule has 48 heavy (non-hydrogen) atoms. The number of nitrogens with one attached hydrogen (secondary N) is 2. The van der Waals surface area contributed by atoms with Gasteiger partial charge in [0.2, 0.25) is 5.91 Å². The van der Waals surface area contributed by atoms with Gasteiger partial charge in [0.15, 0.2) is 5.82 Å². The Kier molecular flexibility index (Phi) is 10.0. The summed E-state index contributed by atoms with van der Waals surface area (Å²) in [5.74, 6) is 0.352. The van der Waals surface area contributed by atoms with E-state index in [4.69, 9.17) is 14.2 Å². The highest BCUT2D eigenvalue weighted by atomic mass is 32.2. The van der Waals surface area contributed by atoms with Gasteiger partial charge in [-0.15, -0.1) is 11.8 Å². The second kappa shape index (κ2) is 14.7. The number of halogens is 2. The number of fused-ring (bicyclic) bond motifs is 1. The molecule has 0 bridgehead atoms. The molecule has 16 heteroatoms. The lowest BCUT2D eigenvalue weighted by Crippen LogP contribution is -2.45. The molecule has 256 valence electrons. The van der Waals surface area contributed by atoms with Crippen LogP contribution >= 0.6 is 11.8 Å². The monoisotopic (exact) mass is 684 g/mol. The molecule has 2 amide bonds. The van der Waals surface area contributed by atoms with Gasteiger partial charge in [-0.1, -0.05) is 0 Å². The second-order valence-electron chi connectivity index (χ2n) is 12.2. The Balaban J connectivity index is 1.13. The summed E-state index contributed by atoms with van der Waals surface area (Å²) in [5.41, 5.74) is 4.22. The maximum atomic E-state index is 13.6. The van der Waals surface area contributed by atoms with Gasteiger partial charge in [0, 0.05) is 68.3 Å². The van der Waals surface area contributed by atoms with Gasteiger partial charge in [-0.05, 0) is 43.0 Å². The lowest BCUT2D eigenvalue weighted by molar-refractivity contribution is -0.133. The van der Waals surface area contributed by atoms with E-state index in [9.17, 15) is 18.4 Å². The largest absolute Gasteiger partial charge is 0.434 e. The van der Waals surface area contributed by atoms with Gasteiger partial charge < -0.3 is 24.4 Å². The number of amides is 2. The van der Waals surface area contributed by atoms with Gasteiger partial charge in [-0.2, -0.15) is 13.9 Å². The number of carbonyl (C=O) groups is 2. The molecule has 13 nitrogen and oxygen atoms in total. The van der Waals surface area contributed by atoms with Crippen molar-refractivity contribution in [1.29, 1.82) is 0 Å². The molecule has 1 aromatic heterocycles. The summed E-state index contributed by atoms with van der Waals surface area (Å²) >= 11 is 1.56. The third-order valence-corrected chi connectivity index (χ3v) is 10.1. The molecule has 0 spiro atoms. The number of ether oxygens (including phenoxy) is 3. The second-order valence-corrected chi connectivity index (χ2v) is 13.6. The maximum Gasteiger partial charge on any atom is 0.387 e. The highest BCUT2D eigenvalue weighted by molar-refractivity contribution is 8.00. The number of hydrogen-bond donors (Lipinski definition) is 2. The highest BCUT2D eigenvalue weighted by Gasteiger charge is 2.30. The van der Waals surface area contributed by atoms with E-state index in [2.05, 4.69) is 25.7 Å². The molecular weight excluding hydrogens is 646 g/mol. The van der Waals surface area contributed by atoms with Crippen LogP contribution in [0.4, 0.5) is 14.5 Å². The molecule has 3 fully saturated rings. The fraction of sp³-hybridized carbons (Fsp3) is 0.500. The molecule has 7 rings (SSSR count). The summed E-state index contributed by atoms with van der Waals surface area (Å²) in [7, 11) is 0. The summed E-state index contributed by atoms with van der Waals surface area (Å²) < 4.78 is 44.3. The molecule has 2 aromatic rings. The Hall–Kier alpha value is -3.83. The van der Waals surface area contributed by atoms with Crippen molar-refractivity contribution < 1.29 is 32.6 Å². The average Bonchev–Trinajstić information content (AvgIpc) is 3.68. The quantitative estimate of drug-likeness (QED) is 0.365. The van der Waals surface area contributed by atoms with Gasteiger partial charge in [0.1, 0.15) is 18.0 Å². The molecule has 5 aliphatic heterocycles. The minimum atomic E-state index is -3.07. The molecule has 1 aromatic carbocycles. The minimum Gasteiger partial charge on any atom is -0.434 e. The fourth-order valence-electron chi connectivity index (χ4n) is 6.33. The molecule has 3 saturated heterocycles. The van der Waals surface area contributed by atoms with Crippen molar-refractivity contribution in [1.82, 2.24) is 30.0 Å². The molecule has 0 radical (unpaired) electrons. The van der Waals surface area contributed by atoms with E-state index in [1.165, 1.54) is 10.7 Å². The van der Waals surface area contributed by atoms with E-state index < -0.39 is 12.5 Å². The van der Waals surface area contributed by atoms with Crippen LogP contribution < -0.4 is 15.5 Å². The lowest BCUT2D eigenvalue weighted by Gasteiger charge is -2.36. The van der Waals surface area contributed by atoms with E-state index in [0.29, 0.717) is 43.6 Å². The first-order valence-electron chi connectivity index (χ1n) is 16.2. The number of benzene rings is 1. The zero-order valence-electron chi connectivity index (χ0n) is 26.4. The Morgan fingerprint density at radius 2 is 1.94 bits per heavy atom. The number of rotatable bonds is 11. The number of morpholine rings is 1. The number of carbonyl (C=O) groups excluding carboxylic acids is 2. The number of alkyl halides is 2. The van der Waals surface area contributed by atoms with E-state index in [0.717, 1.165) is 50.6 Å². The number of aliphatic imine (C=N–C) groups is 1. The van der Waals surface area contributed by atoms with Gasteiger partial charge >= 0.3 is 6.61 Å². The van der Waals surface area contributed by atoms with E-state index >= 15 is 0 Å². The first-order chi connectivity index (χ1) is 23.4. The summed E-state index contributed by atoms with van der Waals surface area (Å²) in [6.45, 7) is 4.00. The van der Waals surface area contributed by atoms with Crippen LogP contribution in [0.3, 0.4) is 0 Å². The Labute approximate surface area is 280 Å². The average molecular weight is 685 g/mol. The summed E-state index contributed by atoms with van der Waals surface area (Å²) in [4.78, 5) is 36.5. The highest BCUT2D eigenvalue weighted by Crippen LogP contribution is 2.40. The van der Waals surface area contributed by atoms with Crippen molar-refractivity contribution in [3.63, 3.8) is 0 Å². The first-order valence-corrected chi connectivity index (χ1v) is 17.0. The molecular formula is C32H38F2N8O5S. The number of allylic oxidation sites excluding steroid dienone is 1. The van der Waals surface area contributed by atoms with Crippen molar-refractivity contribution in [2.24, 2.45) is 10.9 Å². The number of piperidine rings is 1. The normalized spacial score (nSPS) is 20.4. The van der Waals surface area contributed by atoms with Crippen LogP contribution in [0.5, 0.6) is 5.75 Å². The molecule has 2 N–H and O–H groups in total.